The first-order valence-electron chi connectivity index (χ1n) is 7.03. The zero-order valence-electron chi connectivity index (χ0n) is 12.1. The summed E-state index contributed by atoms with van der Waals surface area (Å²) in [7, 11) is 0. The van der Waals surface area contributed by atoms with Crippen molar-refractivity contribution >= 4 is 40.2 Å². The first kappa shape index (κ1) is 15.0. The SMILES string of the molecule is CCCSc1nn2c(=O)cc(C=Cc3ccccc3)nc2s1. The van der Waals surface area contributed by atoms with E-state index in [-0.39, 0.29) is 5.56 Å². The van der Waals surface area contributed by atoms with Crippen molar-refractivity contribution in [2.24, 2.45) is 0 Å². The fourth-order valence-electron chi connectivity index (χ4n) is 1.89. The smallest absolute Gasteiger partial charge is 0.267 e. The first-order chi connectivity index (χ1) is 10.8. The summed E-state index contributed by atoms with van der Waals surface area (Å²) >= 11 is 3.12. The lowest BCUT2D eigenvalue weighted by Crippen LogP contribution is -2.14. The zero-order valence-corrected chi connectivity index (χ0v) is 13.7. The van der Waals surface area contributed by atoms with E-state index in [0.29, 0.717) is 10.7 Å². The summed E-state index contributed by atoms with van der Waals surface area (Å²) < 4.78 is 2.26. The van der Waals surface area contributed by atoms with Gasteiger partial charge in [-0.05, 0) is 18.1 Å². The molecule has 0 aliphatic heterocycles. The van der Waals surface area contributed by atoms with Crippen LogP contribution in [0, 0.1) is 0 Å². The standard InChI is InChI=1S/C16H15N3OS2/c1-2-10-21-16-18-19-14(20)11-13(17-15(19)22-16)9-8-12-6-4-3-5-7-12/h3-9,11H,2,10H2,1H3. The van der Waals surface area contributed by atoms with Crippen LogP contribution in [0.2, 0.25) is 0 Å². The molecule has 2 heterocycles. The van der Waals surface area contributed by atoms with E-state index in [1.165, 1.54) is 21.9 Å². The normalized spacial score (nSPS) is 11.5. The minimum atomic E-state index is -0.141. The minimum absolute atomic E-state index is 0.141. The van der Waals surface area contributed by atoms with E-state index >= 15 is 0 Å². The topological polar surface area (TPSA) is 47.3 Å². The molecule has 4 nitrogen and oxygen atoms in total. The molecule has 1 aromatic carbocycles. The summed E-state index contributed by atoms with van der Waals surface area (Å²) in [5, 5.41) is 4.31. The van der Waals surface area contributed by atoms with Gasteiger partial charge in [0.05, 0.1) is 5.69 Å². The van der Waals surface area contributed by atoms with E-state index in [4.69, 9.17) is 0 Å². The Hall–Kier alpha value is -1.92. The quantitative estimate of drug-likeness (QED) is 0.668. The predicted octanol–water partition coefficient (Wildman–Crippen LogP) is 3.82. The molecule has 6 heteroatoms. The Bertz CT molecular complexity index is 853. The molecule has 0 spiro atoms. The van der Waals surface area contributed by atoms with Gasteiger partial charge in [-0.15, -0.1) is 5.10 Å². The molecule has 0 unspecified atom stereocenters. The van der Waals surface area contributed by atoms with Gasteiger partial charge >= 0.3 is 0 Å². The van der Waals surface area contributed by atoms with Crippen molar-refractivity contribution in [1.29, 1.82) is 0 Å². The monoisotopic (exact) mass is 329 g/mol. The van der Waals surface area contributed by atoms with Gasteiger partial charge in [0.25, 0.3) is 5.56 Å². The summed E-state index contributed by atoms with van der Waals surface area (Å²) in [6.07, 6.45) is 4.88. The van der Waals surface area contributed by atoms with E-state index in [9.17, 15) is 4.79 Å². The number of rotatable bonds is 5. The molecule has 3 aromatic rings. The van der Waals surface area contributed by atoms with Crippen molar-refractivity contribution in [2.45, 2.75) is 17.7 Å². The number of benzene rings is 1. The largest absolute Gasteiger partial charge is 0.275 e. The van der Waals surface area contributed by atoms with Gasteiger partial charge in [-0.3, -0.25) is 4.79 Å². The van der Waals surface area contributed by atoms with Crippen molar-refractivity contribution in [1.82, 2.24) is 14.6 Å². The van der Waals surface area contributed by atoms with Gasteiger partial charge in [-0.25, -0.2) is 4.98 Å². The molecule has 0 bridgehead atoms. The molecule has 0 aliphatic carbocycles. The van der Waals surface area contributed by atoms with Gasteiger partial charge < -0.3 is 0 Å². The van der Waals surface area contributed by atoms with Crippen molar-refractivity contribution in [2.75, 3.05) is 5.75 Å². The third-order valence-electron chi connectivity index (χ3n) is 2.92. The molecule has 0 saturated heterocycles. The lowest BCUT2D eigenvalue weighted by Gasteiger charge is -1.94. The van der Waals surface area contributed by atoms with Crippen molar-refractivity contribution < 1.29 is 0 Å². The average molecular weight is 329 g/mol. The van der Waals surface area contributed by atoms with Gasteiger partial charge in [-0.1, -0.05) is 66.4 Å². The molecule has 0 fully saturated rings. The second kappa shape index (κ2) is 6.89. The highest BCUT2D eigenvalue weighted by Crippen LogP contribution is 2.23. The average Bonchev–Trinajstić information content (AvgIpc) is 2.95. The fraction of sp³-hybridized carbons (Fsp3) is 0.188. The van der Waals surface area contributed by atoms with E-state index in [2.05, 4.69) is 17.0 Å². The van der Waals surface area contributed by atoms with Crippen LogP contribution in [0.1, 0.15) is 24.6 Å². The Balaban J connectivity index is 1.91. The summed E-state index contributed by atoms with van der Waals surface area (Å²) in [4.78, 5) is 17.3. The number of hydrogen-bond donors (Lipinski definition) is 0. The van der Waals surface area contributed by atoms with Gasteiger partial charge in [0.1, 0.15) is 0 Å². The highest BCUT2D eigenvalue weighted by atomic mass is 32.2. The highest BCUT2D eigenvalue weighted by Gasteiger charge is 2.08. The number of aromatic nitrogens is 3. The summed E-state index contributed by atoms with van der Waals surface area (Å²) in [6, 6.07) is 11.5. The maximum atomic E-state index is 12.1. The van der Waals surface area contributed by atoms with E-state index < -0.39 is 0 Å². The lowest BCUT2D eigenvalue weighted by atomic mass is 10.2. The molecule has 0 radical (unpaired) electrons. The van der Waals surface area contributed by atoms with Crippen LogP contribution in [-0.2, 0) is 0 Å². The Morgan fingerprint density at radius 3 is 2.86 bits per heavy atom. The Labute approximate surface area is 136 Å². The van der Waals surface area contributed by atoms with Crippen LogP contribution in [-0.4, -0.2) is 20.4 Å². The van der Waals surface area contributed by atoms with Crippen LogP contribution >= 0.6 is 23.1 Å². The molecule has 112 valence electrons. The minimum Gasteiger partial charge on any atom is -0.267 e. The van der Waals surface area contributed by atoms with Gasteiger partial charge in [0.15, 0.2) is 4.34 Å². The molecule has 0 amide bonds. The van der Waals surface area contributed by atoms with E-state index in [1.54, 1.807) is 11.8 Å². The van der Waals surface area contributed by atoms with Crippen molar-refractivity contribution in [3.05, 3.63) is 58.0 Å². The third kappa shape index (κ3) is 3.45. The predicted molar refractivity (Wildman–Crippen MR) is 93.5 cm³/mol. The number of nitrogens with zero attached hydrogens (tertiary/aromatic N) is 3. The second-order valence-corrected chi connectivity index (χ2v) is 6.97. The maximum absolute atomic E-state index is 12.1. The summed E-state index contributed by atoms with van der Waals surface area (Å²) in [6.45, 7) is 2.12. The summed E-state index contributed by atoms with van der Waals surface area (Å²) in [5.41, 5.74) is 1.59. The fourth-order valence-corrected chi connectivity index (χ4v) is 3.76. The maximum Gasteiger partial charge on any atom is 0.275 e. The van der Waals surface area contributed by atoms with Crippen LogP contribution in [0.5, 0.6) is 0 Å². The van der Waals surface area contributed by atoms with Crippen molar-refractivity contribution in [3.63, 3.8) is 0 Å². The molecule has 2 aromatic heterocycles. The van der Waals surface area contributed by atoms with Crippen LogP contribution in [0.4, 0.5) is 0 Å². The molecule has 22 heavy (non-hydrogen) atoms. The second-order valence-electron chi connectivity index (χ2n) is 4.67. The lowest BCUT2D eigenvalue weighted by molar-refractivity contribution is 0.855. The van der Waals surface area contributed by atoms with E-state index in [0.717, 1.165) is 22.1 Å². The van der Waals surface area contributed by atoms with Crippen LogP contribution in [0.3, 0.4) is 0 Å². The molecular formula is C16H15N3OS2. The van der Waals surface area contributed by atoms with Crippen LogP contribution in [0.15, 0.2) is 45.5 Å². The number of hydrogen-bond acceptors (Lipinski definition) is 5. The molecule has 0 aliphatic rings. The van der Waals surface area contributed by atoms with Gasteiger partial charge in [-0.2, -0.15) is 4.52 Å². The molecule has 0 N–H and O–H groups in total. The zero-order chi connectivity index (χ0) is 15.4. The molecular weight excluding hydrogens is 314 g/mol. The number of fused-ring (bicyclic) bond motifs is 1. The summed E-state index contributed by atoms with van der Waals surface area (Å²) in [5.74, 6) is 0.995. The Morgan fingerprint density at radius 2 is 2.09 bits per heavy atom. The molecule has 0 atom stereocenters. The van der Waals surface area contributed by atoms with Crippen LogP contribution in [0.25, 0.3) is 17.1 Å². The Kier molecular flexibility index (Phi) is 4.70. The van der Waals surface area contributed by atoms with Crippen LogP contribution < -0.4 is 5.56 Å². The molecule has 3 rings (SSSR count). The van der Waals surface area contributed by atoms with Gasteiger partial charge in [0.2, 0.25) is 4.96 Å². The van der Waals surface area contributed by atoms with E-state index in [1.807, 2.05) is 42.5 Å². The Morgan fingerprint density at radius 1 is 1.27 bits per heavy atom. The van der Waals surface area contributed by atoms with Crippen molar-refractivity contribution in [3.8, 4) is 0 Å². The molecule has 0 saturated carbocycles. The first-order valence-corrected chi connectivity index (χ1v) is 8.83. The van der Waals surface area contributed by atoms with Gasteiger partial charge in [0, 0.05) is 11.8 Å². The number of thioether (sulfide) groups is 1. The highest BCUT2D eigenvalue weighted by molar-refractivity contribution is 8.01. The third-order valence-corrected chi connectivity index (χ3v) is 5.17.